The number of aliphatic imine (C=N–C) groups is 1. The summed E-state index contributed by atoms with van der Waals surface area (Å²) < 4.78 is 13.7. The van der Waals surface area contributed by atoms with Crippen LogP contribution < -0.4 is 16.2 Å². The highest BCUT2D eigenvalue weighted by Gasteiger charge is 2.19. The molecule has 0 aliphatic carbocycles. The van der Waals surface area contributed by atoms with Crippen LogP contribution in [0.1, 0.15) is 11.1 Å². The van der Waals surface area contributed by atoms with Crippen LogP contribution in [0.15, 0.2) is 22.2 Å². The van der Waals surface area contributed by atoms with E-state index in [0.29, 0.717) is 0 Å². The van der Waals surface area contributed by atoms with E-state index >= 15 is 0 Å². The molecule has 20 heavy (non-hydrogen) atoms. The number of halogens is 1. The maximum Gasteiger partial charge on any atom is 0.273 e. The van der Waals surface area contributed by atoms with E-state index in [1.54, 1.807) is 0 Å². The third-order valence-electron chi connectivity index (χ3n) is 2.67. The Morgan fingerprint density at radius 1 is 1.55 bits per heavy atom. The Balaban J connectivity index is 2.49. The van der Waals surface area contributed by atoms with E-state index in [0.717, 1.165) is 12.1 Å². The number of nitro groups is 1. The van der Waals surface area contributed by atoms with Crippen molar-refractivity contribution in [1.82, 2.24) is 16.1 Å². The largest absolute Gasteiger partial charge is 0.858 e. The lowest BCUT2D eigenvalue weighted by molar-refractivity contribution is -0.385. The van der Waals surface area contributed by atoms with Gasteiger partial charge in [-0.2, -0.15) is 0 Å². The van der Waals surface area contributed by atoms with Crippen LogP contribution in [0.2, 0.25) is 0 Å². The standard InChI is InChI=1S/C10H11FN6O3/c1-5-7(17(19)20)4-3-6(11)8(5)9(18)12-10-13-14-15-16(10)2/h3-4,14-15H,1-2H3,(H,12,13,18)/p-1. The van der Waals surface area contributed by atoms with E-state index in [1.807, 2.05) is 0 Å². The van der Waals surface area contributed by atoms with Gasteiger partial charge in [-0.25, -0.2) is 14.9 Å². The predicted molar refractivity (Wildman–Crippen MR) is 65.8 cm³/mol. The topological polar surface area (TPSA) is 118 Å². The molecule has 1 aromatic rings. The van der Waals surface area contributed by atoms with Gasteiger partial charge in [0.15, 0.2) is 0 Å². The van der Waals surface area contributed by atoms with Gasteiger partial charge in [0.25, 0.3) is 11.6 Å². The Bertz CT molecular complexity index is 630. The number of nitrogens with zero attached hydrogens (tertiary/aromatic N) is 4. The van der Waals surface area contributed by atoms with E-state index in [-0.39, 0.29) is 17.2 Å². The minimum Gasteiger partial charge on any atom is -0.858 e. The monoisotopic (exact) mass is 281 g/mol. The summed E-state index contributed by atoms with van der Waals surface area (Å²) in [5.74, 6) is -1.83. The first-order chi connectivity index (χ1) is 9.41. The molecule has 0 saturated heterocycles. The van der Waals surface area contributed by atoms with Gasteiger partial charge in [0.1, 0.15) is 5.82 Å². The maximum absolute atomic E-state index is 13.7. The number of nitro benzene ring substituents is 1. The Morgan fingerprint density at radius 3 is 2.80 bits per heavy atom. The van der Waals surface area contributed by atoms with Gasteiger partial charge in [-0.15, -0.1) is 10.6 Å². The highest BCUT2D eigenvalue weighted by molar-refractivity contribution is 6.01. The fourth-order valence-corrected chi connectivity index (χ4v) is 1.65. The highest BCUT2D eigenvalue weighted by atomic mass is 19.1. The summed E-state index contributed by atoms with van der Waals surface area (Å²) in [4.78, 5) is 13.7. The van der Waals surface area contributed by atoms with Crippen molar-refractivity contribution in [2.24, 2.45) is 10.1 Å². The molecular formula is C10H10FN6O3-. The summed E-state index contributed by atoms with van der Waals surface area (Å²) in [6, 6.07) is 1.87. The van der Waals surface area contributed by atoms with Crippen molar-refractivity contribution < 1.29 is 14.4 Å². The van der Waals surface area contributed by atoms with Gasteiger partial charge in [0, 0.05) is 30.1 Å². The molecule has 1 aromatic carbocycles. The molecule has 9 nitrogen and oxygen atoms in total. The molecule has 0 fully saturated rings. The Morgan fingerprint density at radius 2 is 2.25 bits per heavy atom. The number of hydrazone groups is 1. The molecule has 0 spiro atoms. The molecule has 0 aromatic heterocycles. The smallest absolute Gasteiger partial charge is 0.273 e. The van der Waals surface area contributed by atoms with E-state index < -0.39 is 22.2 Å². The molecule has 2 N–H and O–H groups in total. The minimum absolute atomic E-state index is 0.0136. The number of hydrogen-bond acceptors (Lipinski definition) is 8. The van der Waals surface area contributed by atoms with Gasteiger partial charge in [0.05, 0.1) is 4.92 Å². The normalized spacial score (nSPS) is 15.1. The van der Waals surface area contributed by atoms with Crippen LogP contribution in [0.4, 0.5) is 10.1 Å². The molecule has 0 saturated carbocycles. The number of rotatable bonds is 2. The fraction of sp³-hybridized carbons (Fsp3) is 0.200. The first kappa shape index (κ1) is 13.7. The summed E-state index contributed by atoms with van der Waals surface area (Å²) in [5, 5.41) is 27.7. The van der Waals surface area contributed by atoms with Crippen LogP contribution in [0.3, 0.4) is 0 Å². The molecule has 0 unspecified atom stereocenters. The fourth-order valence-electron chi connectivity index (χ4n) is 1.65. The Hall–Kier alpha value is -2.75. The van der Waals surface area contributed by atoms with Crippen LogP contribution in [0.5, 0.6) is 0 Å². The molecule has 0 radical (unpaired) electrons. The first-order valence-corrected chi connectivity index (χ1v) is 5.43. The van der Waals surface area contributed by atoms with Crippen molar-refractivity contribution in [1.29, 1.82) is 0 Å². The average molecular weight is 281 g/mol. The van der Waals surface area contributed by atoms with Crippen molar-refractivity contribution >= 4 is 17.5 Å². The molecule has 0 bridgehead atoms. The molecule has 0 atom stereocenters. The van der Waals surface area contributed by atoms with E-state index in [1.165, 1.54) is 19.0 Å². The number of hydrazine groups is 2. The predicted octanol–water partition coefficient (Wildman–Crippen LogP) is -0.625. The second kappa shape index (κ2) is 5.09. The lowest BCUT2D eigenvalue weighted by Crippen LogP contribution is -2.37. The number of guanidine groups is 1. The quantitative estimate of drug-likeness (QED) is 0.322. The maximum atomic E-state index is 13.7. The zero-order chi connectivity index (χ0) is 14.9. The Kier molecular flexibility index (Phi) is 3.48. The van der Waals surface area contributed by atoms with Gasteiger partial charge in [-0.3, -0.25) is 15.1 Å². The Labute approximate surface area is 112 Å². The van der Waals surface area contributed by atoms with Crippen molar-refractivity contribution in [2.45, 2.75) is 6.92 Å². The van der Waals surface area contributed by atoms with Crippen LogP contribution >= 0.6 is 0 Å². The second-order valence-electron chi connectivity index (χ2n) is 3.94. The van der Waals surface area contributed by atoms with E-state index in [4.69, 9.17) is 0 Å². The average Bonchev–Trinajstić information content (AvgIpc) is 2.74. The van der Waals surface area contributed by atoms with Crippen LogP contribution in [0, 0.1) is 22.9 Å². The van der Waals surface area contributed by atoms with Crippen molar-refractivity contribution in [3.63, 3.8) is 0 Å². The van der Waals surface area contributed by atoms with Crippen molar-refractivity contribution in [2.75, 3.05) is 7.05 Å². The molecule has 0 amide bonds. The van der Waals surface area contributed by atoms with Crippen LogP contribution in [-0.4, -0.2) is 28.8 Å². The van der Waals surface area contributed by atoms with Gasteiger partial charge in [-0.05, 0) is 13.0 Å². The molecule has 1 aliphatic rings. The van der Waals surface area contributed by atoms with E-state index in [2.05, 4.69) is 21.2 Å². The van der Waals surface area contributed by atoms with Gasteiger partial charge < -0.3 is 5.11 Å². The van der Waals surface area contributed by atoms with Crippen LogP contribution in [0.25, 0.3) is 0 Å². The number of hydrogen-bond donors (Lipinski definition) is 2. The molecule has 1 heterocycles. The molecule has 106 valence electrons. The number of benzene rings is 1. The third kappa shape index (κ3) is 2.36. The lowest BCUT2D eigenvalue weighted by Gasteiger charge is -2.16. The van der Waals surface area contributed by atoms with Crippen molar-refractivity contribution in [3.05, 3.63) is 39.2 Å². The van der Waals surface area contributed by atoms with E-state index in [9.17, 15) is 19.6 Å². The summed E-state index contributed by atoms with van der Waals surface area (Å²) in [6.45, 7) is 1.29. The van der Waals surface area contributed by atoms with Crippen LogP contribution in [-0.2, 0) is 0 Å². The molecule has 10 heteroatoms. The summed E-state index contributed by atoms with van der Waals surface area (Å²) >= 11 is 0. The summed E-state index contributed by atoms with van der Waals surface area (Å²) in [5.41, 5.74) is 4.01. The highest BCUT2D eigenvalue weighted by Crippen LogP contribution is 2.23. The molecular weight excluding hydrogens is 271 g/mol. The van der Waals surface area contributed by atoms with Gasteiger partial charge in [-0.1, -0.05) is 0 Å². The molecule has 1 aliphatic heterocycles. The summed E-state index contributed by atoms with van der Waals surface area (Å²) in [6.07, 6.45) is 0. The van der Waals surface area contributed by atoms with Gasteiger partial charge in [0.2, 0.25) is 0 Å². The first-order valence-electron chi connectivity index (χ1n) is 5.43. The van der Waals surface area contributed by atoms with Gasteiger partial charge >= 0.3 is 0 Å². The summed E-state index contributed by atoms with van der Waals surface area (Å²) in [7, 11) is 1.53. The van der Waals surface area contributed by atoms with Crippen molar-refractivity contribution in [3.8, 4) is 0 Å². The zero-order valence-corrected chi connectivity index (χ0v) is 10.5. The SMILES string of the molecule is Cc1c([N+](=O)[O-])ccc(F)c1C([O-])=NC1=NNNN1C. The lowest BCUT2D eigenvalue weighted by atomic mass is 10.1. The minimum atomic E-state index is -0.945. The molecule has 2 rings (SSSR count). The zero-order valence-electron chi connectivity index (χ0n) is 10.5. The second-order valence-corrected chi connectivity index (χ2v) is 3.94. The number of nitrogens with one attached hydrogen (secondary N) is 2. The third-order valence-corrected chi connectivity index (χ3v) is 2.67.